The molecule has 6 nitrogen and oxygen atoms in total. The van der Waals surface area contributed by atoms with Crippen molar-refractivity contribution in [3.05, 3.63) is 95.1 Å². The third-order valence-electron chi connectivity index (χ3n) is 5.97. The van der Waals surface area contributed by atoms with Gasteiger partial charge in [0.25, 0.3) is 0 Å². The largest absolute Gasteiger partial charge is 0.449 e. The van der Waals surface area contributed by atoms with Gasteiger partial charge in [-0.2, -0.15) is 0 Å². The maximum absolute atomic E-state index is 12.2. The van der Waals surface area contributed by atoms with Crippen molar-refractivity contribution < 1.29 is 19.7 Å². The smallest absolute Gasteiger partial charge is 0.407 e. The van der Waals surface area contributed by atoms with E-state index in [1.54, 1.807) is 12.1 Å². The number of carbonyl (C=O) groups excluding carboxylic acids is 1. The highest BCUT2D eigenvalue weighted by molar-refractivity contribution is 5.79. The Morgan fingerprint density at radius 2 is 1.53 bits per heavy atom. The molecule has 6 heteroatoms. The average Bonchev–Trinajstić information content (AvgIpc) is 3.16. The van der Waals surface area contributed by atoms with Crippen molar-refractivity contribution in [2.75, 3.05) is 13.2 Å². The van der Waals surface area contributed by atoms with E-state index in [4.69, 9.17) is 10.5 Å². The quantitative estimate of drug-likeness (QED) is 0.436. The molecule has 0 heterocycles. The molecule has 3 aromatic rings. The molecule has 166 valence electrons. The van der Waals surface area contributed by atoms with Crippen molar-refractivity contribution in [1.29, 1.82) is 0 Å². The van der Waals surface area contributed by atoms with Crippen LogP contribution < -0.4 is 11.1 Å². The lowest BCUT2D eigenvalue weighted by Gasteiger charge is -2.19. The number of aliphatic hydroxyl groups is 2. The third-order valence-corrected chi connectivity index (χ3v) is 5.97. The number of aliphatic hydroxyl groups excluding tert-OH is 2. The van der Waals surface area contributed by atoms with E-state index >= 15 is 0 Å². The van der Waals surface area contributed by atoms with Crippen LogP contribution in [0.1, 0.15) is 40.7 Å². The van der Waals surface area contributed by atoms with Crippen molar-refractivity contribution in [3.8, 4) is 11.1 Å². The van der Waals surface area contributed by atoms with Gasteiger partial charge in [-0.15, -0.1) is 0 Å². The highest BCUT2D eigenvalue weighted by Crippen LogP contribution is 2.44. The van der Waals surface area contributed by atoms with Gasteiger partial charge in [-0.1, -0.05) is 72.8 Å². The highest BCUT2D eigenvalue weighted by Gasteiger charge is 2.29. The van der Waals surface area contributed by atoms with Crippen LogP contribution >= 0.6 is 0 Å². The maximum Gasteiger partial charge on any atom is 0.407 e. The molecule has 0 bridgehead atoms. The molecular formula is C26H28N2O4. The lowest BCUT2D eigenvalue weighted by molar-refractivity contribution is 0.0136. The molecule has 0 aliphatic heterocycles. The molecule has 0 saturated heterocycles. The first kappa shape index (κ1) is 22.0. The number of amides is 1. The molecule has 0 fully saturated rings. The summed E-state index contributed by atoms with van der Waals surface area (Å²) in [7, 11) is 0. The normalized spacial score (nSPS) is 14.3. The molecule has 4 rings (SSSR count). The molecule has 32 heavy (non-hydrogen) atoms. The molecule has 0 aromatic heterocycles. The van der Waals surface area contributed by atoms with Crippen LogP contribution in [0, 0.1) is 0 Å². The number of rotatable bonds is 8. The zero-order chi connectivity index (χ0) is 22.5. The summed E-state index contributed by atoms with van der Waals surface area (Å²) in [5, 5.41) is 23.3. The summed E-state index contributed by atoms with van der Waals surface area (Å²) >= 11 is 0. The van der Waals surface area contributed by atoms with Gasteiger partial charge in [0.2, 0.25) is 0 Å². The number of fused-ring (bicyclic) bond motifs is 3. The molecule has 0 saturated carbocycles. The van der Waals surface area contributed by atoms with E-state index < -0.39 is 18.3 Å². The second kappa shape index (κ2) is 9.96. The first-order valence-corrected chi connectivity index (χ1v) is 10.8. The fraction of sp³-hybridized carbons (Fsp3) is 0.269. The predicted molar refractivity (Wildman–Crippen MR) is 123 cm³/mol. The van der Waals surface area contributed by atoms with Crippen molar-refractivity contribution in [3.63, 3.8) is 0 Å². The number of nitrogens with two attached hydrogens (primary N) is 1. The molecule has 1 aliphatic carbocycles. The zero-order valence-electron chi connectivity index (χ0n) is 17.8. The minimum absolute atomic E-state index is 0.00273. The maximum atomic E-state index is 12.2. The van der Waals surface area contributed by atoms with Gasteiger partial charge in [-0.3, -0.25) is 0 Å². The standard InChI is InChI=1S/C26H28N2O4/c27-15-17-9-11-18(12-10-17)25(30)24(29)13-14-28-26(31)32-16-23-21-7-3-1-5-19(21)20-6-2-4-8-22(20)23/h1-12,23-25,29-30H,13-16,27H2,(H,28,31). The van der Waals surface area contributed by atoms with Crippen molar-refractivity contribution in [2.45, 2.75) is 31.1 Å². The number of hydrogen-bond acceptors (Lipinski definition) is 5. The van der Waals surface area contributed by atoms with Crippen LogP contribution in [-0.2, 0) is 11.3 Å². The zero-order valence-corrected chi connectivity index (χ0v) is 17.8. The van der Waals surface area contributed by atoms with Crippen molar-refractivity contribution in [1.82, 2.24) is 5.32 Å². The van der Waals surface area contributed by atoms with Crippen LogP contribution in [0.5, 0.6) is 0 Å². The predicted octanol–water partition coefficient (Wildman–Crippen LogP) is 3.47. The summed E-state index contributed by atoms with van der Waals surface area (Å²) in [6.07, 6.45) is -2.39. The Labute approximate surface area is 187 Å². The number of benzene rings is 3. The summed E-state index contributed by atoms with van der Waals surface area (Å²) in [5.41, 5.74) is 11.8. The summed E-state index contributed by atoms with van der Waals surface area (Å²) < 4.78 is 5.49. The van der Waals surface area contributed by atoms with E-state index in [-0.39, 0.29) is 25.5 Å². The molecule has 0 spiro atoms. The summed E-state index contributed by atoms with van der Waals surface area (Å²) in [5.74, 6) is -0.00273. The number of nitrogens with one attached hydrogen (secondary N) is 1. The van der Waals surface area contributed by atoms with Gasteiger partial charge in [0, 0.05) is 19.0 Å². The number of hydrogen-bond donors (Lipinski definition) is 4. The Morgan fingerprint density at radius 3 is 2.12 bits per heavy atom. The van der Waals surface area contributed by atoms with Gasteiger partial charge < -0.3 is 26.0 Å². The fourth-order valence-corrected chi connectivity index (χ4v) is 4.20. The minimum atomic E-state index is -1.04. The van der Waals surface area contributed by atoms with Crippen molar-refractivity contribution in [2.24, 2.45) is 5.73 Å². The Balaban J connectivity index is 1.27. The average molecular weight is 433 g/mol. The van der Waals surface area contributed by atoms with Crippen LogP contribution in [0.4, 0.5) is 4.79 Å². The third kappa shape index (κ3) is 4.67. The number of ether oxygens (including phenoxy) is 1. The van der Waals surface area contributed by atoms with Crippen LogP contribution in [0.3, 0.4) is 0 Å². The topological polar surface area (TPSA) is 105 Å². The molecule has 2 unspecified atom stereocenters. The van der Waals surface area contributed by atoms with Gasteiger partial charge in [-0.25, -0.2) is 4.79 Å². The van der Waals surface area contributed by atoms with Crippen LogP contribution in [-0.4, -0.2) is 35.6 Å². The first-order chi connectivity index (χ1) is 15.6. The van der Waals surface area contributed by atoms with Crippen LogP contribution in [0.15, 0.2) is 72.8 Å². The van der Waals surface area contributed by atoms with Crippen molar-refractivity contribution >= 4 is 6.09 Å². The van der Waals surface area contributed by atoms with E-state index in [0.717, 1.165) is 16.7 Å². The van der Waals surface area contributed by atoms with E-state index in [1.807, 2.05) is 36.4 Å². The van der Waals surface area contributed by atoms with E-state index in [0.29, 0.717) is 12.1 Å². The van der Waals surface area contributed by atoms with E-state index in [9.17, 15) is 15.0 Å². The van der Waals surface area contributed by atoms with Gasteiger partial charge in [0.1, 0.15) is 12.7 Å². The molecule has 1 aliphatic rings. The Kier molecular flexibility index (Phi) is 6.85. The van der Waals surface area contributed by atoms with Gasteiger partial charge in [-0.05, 0) is 39.8 Å². The summed E-state index contributed by atoms with van der Waals surface area (Å²) in [4.78, 5) is 12.2. The Hall–Kier alpha value is -3.19. The monoisotopic (exact) mass is 432 g/mol. The van der Waals surface area contributed by atoms with E-state index in [1.165, 1.54) is 11.1 Å². The Bertz CT molecular complexity index is 1020. The van der Waals surface area contributed by atoms with Crippen LogP contribution in [0.2, 0.25) is 0 Å². The summed E-state index contributed by atoms with van der Waals surface area (Å²) in [6, 6.07) is 23.5. The Morgan fingerprint density at radius 1 is 0.938 bits per heavy atom. The highest BCUT2D eigenvalue weighted by atomic mass is 16.5. The SMILES string of the molecule is NCc1ccc(C(O)C(O)CCNC(=O)OCC2c3ccccc3-c3ccccc32)cc1. The molecule has 3 aromatic carbocycles. The van der Waals surface area contributed by atoms with Gasteiger partial charge in [0.15, 0.2) is 0 Å². The summed E-state index contributed by atoms with van der Waals surface area (Å²) in [6.45, 7) is 0.845. The molecule has 5 N–H and O–H groups in total. The lowest BCUT2D eigenvalue weighted by Crippen LogP contribution is -2.30. The fourth-order valence-electron chi connectivity index (χ4n) is 4.20. The molecule has 1 amide bonds. The number of carbonyl (C=O) groups is 1. The van der Waals surface area contributed by atoms with E-state index in [2.05, 4.69) is 29.6 Å². The van der Waals surface area contributed by atoms with Gasteiger partial charge >= 0.3 is 6.09 Å². The van der Waals surface area contributed by atoms with Gasteiger partial charge in [0.05, 0.1) is 6.10 Å². The molecular weight excluding hydrogens is 404 g/mol. The lowest BCUT2D eigenvalue weighted by atomic mass is 9.98. The van der Waals surface area contributed by atoms with Crippen LogP contribution in [0.25, 0.3) is 11.1 Å². The molecule has 0 radical (unpaired) electrons. The minimum Gasteiger partial charge on any atom is -0.449 e. The second-order valence-electron chi connectivity index (χ2n) is 8.00. The first-order valence-electron chi connectivity index (χ1n) is 10.8. The second-order valence-corrected chi connectivity index (χ2v) is 8.00. The number of alkyl carbamates (subject to hydrolysis) is 1. The molecule has 2 atom stereocenters.